The van der Waals surface area contributed by atoms with Crippen LogP contribution in [0.4, 0.5) is 23.2 Å². The van der Waals surface area contributed by atoms with Crippen LogP contribution in [0, 0.1) is 28.7 Å². The molecule has 0 amide bonds. The van der Waals surface area contributed by atoms with E-state index in [0.29, 0.717) is 24.2 Å². The molecular weight excluding hydrogens is 486 g/mol. The molecule has 1 aliphatic rings. The van der Waals surface area contributed by atoms with E-state index in [1.54, 1.807) is 6.07 Å². The van der Waals surface area contributed by atoms with Crippen molar-refractivity contribution in [2.24, 2.45) is 5.41 Å². The molecule has 8 heteroatoms. The lowest BCUT2D eigenvalue weighted by atomic mass is 9.77. The van der Waals surface area contributed by atoms with E-state index in [1.165, 1.54) is 18.2 Å². The van der Waals surface area contributed by atoms with Crippen molar-refractivity contribution in [3.8, 4) is 0 Å². The highest BCUT2D eigenvalue weighted by molar-refractivity contribution is 9.10. The second-order valence-corrected chi connectivity index (χ2v) is 8.92. The molecule has 0 fully saturated rings. The molecular formula is C24H24BrF4N3. The number of nitrogens with one attached hydrogen (secondary N) is 3. The van der Waals surface area contributed by atoms with Gasteiger partial charge in [0.15, 0.2) is 23.3 Å². The van der Waals surface area contributed by atoms with Crippen LogP contribution in [0.15, 0.2) is 71.0 Å². The smallest absolute Gasteiger partial charge is 0.183 e. The van der Waals surface area contributed by atoms with Gasteiger partial charge < -0.3 is 10.7 Å². The average Bonchev–Trinajstić information content (AvgIpc) is 2.82. The molecule has 32 heavy (non-hydrogen) atoms. The Morgan fingerprint density at radius 3 is 2.62 bits per heavy atom. The van der Waals surface area contributed by atoms with Crippen molar-refractivity contribution in [3.63, 3.8) is 0 Å². The number of hydrogen-bond acceptors (Lipinski definition) is 3. The zero-order valence-corrected chi connectivity index (χ0v) is 19.2. The van der Waals surface area contributed by atoms with E-state index in [4.69, 9.17) is 0 Å². The van der Waals surface area contributed by atoms with Crippen molar-refractivity contribution in [2.75, 3.05) is 11.9 Å². The molecule has 2 aromatic rings. The maximum absolute atomic E-state index is 14.4. The summed E-state index contributed by atoms with van der Waals surface area (Å²) in [4.78, 5) is 0. The summed E-state index contributed by atoms with van der Waals surface area (Å²) in [7, 11) is 0. The number of allylic oxidation sites excluding steroid dienone is 1. The van der Waals surface area contributed by atoms with Gasteiger partial charge in [-0.3, -0.25) is 0 Å². The molecule has 3 N–H and O–H groups in total. The molecule has 1 unspecified atom stereocenters. The topological polar surface area (TPSA) is 36.1 Å². The van der Waals surface area contributed by atoms with Crippen LogP contribution in [0.2, 0.25) is 0 Å². The third-order valence-electron chi connectivity index (χ3n) is 5.38. The van der Waals surface area contributed by atoms with Crippen molar-refractivity contribution < 1.29 is 17.6 Å². The maximum atomic E-state index is 14.4. The SMILES string of the molecule is C=C1NNCCCC(C)(Cc2cccc(F)c2F)/C=C\1C(=C)Nc1ccc(Br)c(F)c1F. The fourth-order valence-corrected chi connectivity index (χ4v) is 4.01. The van der Waals surface area contributed by atoms with Gasteiger partial charge in [-0.05, 0) is 64.4 Å². The first-order valence-corrected chi connectivity index (χ1v) is 10.8. The normalized spacial score (nSPS) is 20.9. The molecule has 1 atom stereocenters. The minimum Gasteiger partial charge on any atom is -0.353 e. The van der Waals surface area contributed by atoms with E-state index in [0.717, 1.165) is 12.5 Å². The standard InChI is InChI=1S/C24H24BrF4N3/c1-14(31-20-9-8-18(25)22(28)23(20)29)17-13-24(3,10-5-11-30-32-15(17)2)12-16-6-4-7-19(26)21(16)27/h4,6-9,13,30-32H,1-2,5,10-12H2,3H3/b17-13-. The number of rotatable bonds is 5. The molecule has 2 aromatic carbocycles. The van der Waals surface area contributed by atoms with E-state index in [1.807, 2.05) is 13.0 Å². The van der Waals surface area contributed by atoms with Gasteiger partial charge in [-0.25, -0.2) is 23.0 Å². The van der Waals surface area contributed by atoms with E-state index >= 15 is 0 Å². The Balaban J connectivity index is 1.97. The van der Waals surface area contributed by atoms with Crippen molar-refractivity contribution in [2.45, 2.75) is 26.2 Å². The van der Waals surface area contributed by atoms with Crippen LogP contribution in [0.25, 0.3) is 0 Å². The summed E-state index contributed by atoms with van der Waals surface area (Å²) in [5.74, 6) is -3.84. The largest absolute Gasteiger partial charge is 0.353 e. The molecule has 1 heterocycles. The van der Waals surface area contributed by atoms with Crippen LogP contribution in [-0.4, -0.2) is 6.54 Å². The summed E-state index contributed by atoms with van der Waals surface area (Å²) in [6.45, 7) is 10.5. The quantitative estimate of drug-likeness (QED) is 0.317. The molecule has 3 rings (SSSR count). The summed E-state index contributed by atoms with van der Waals surface area (Å²) >= 11 is 2.95. The van der Waals surface area contributed by atoms with Gasteiger partial charge in [0.05, 0.1) is 15.9 Å². The highest BCUT2D eigenvalue weighted by atomic mass is 79.9. The molecule has 3 nitrogen and oxygen atoms in total. The monoisotopic (exact) mass is 509 g/mol. The third-order valence-corrected chi connectivity index (χ3v) is 5.99. The number of benzene rings is 2. The van der Waals surface area contributed by atoms with Crippen LogP contribution < -0.4 is 16.2 Å². The molecule has 1 aliphatic heterocycles. The molecule has 0 saturated carbocycles. The highest BCUT2D eigenvalue weighted by Crippen LogP contribution is 2.36. The van der Waals surface area contributed by atoms with E-state index in [-0.39, 0.29) is 27.8 Å². The van der Waals surface area contributed by atoms with Gasteiger partial charge in [-0.2, -0.15) is 0 Å². The summed E-state index contributed by atoms with van der Waals surface area (Å²) in [5.41, 5.74) is 6.84. The lowest BCUT2D eigenvalue weighted by molar-refractivity contribution is 0.362. The Hall–Kier alpha value is -2.58. The predicted molar refractivity (Wildman–Crippen MR) is 123 cm³/mol. The first-order valence-electron chi connectivity index (χ1n) is 10.0. The Morgan fingerprint density at radius 1 is 1.12 bits per heavy atom. The summed E-state index contributed by atoms with van der Waals surface area (Å²) < 4.78 is 56.5. The van der Waals surface area contributed by atoms with Gasteiger partial charge >= 0.3 is 0 Å². The predicted octanol–water partition coefficient (Wildman–Crippen LogP) is 6.51. The number of hydrogen-bond donors (Lipinski definition) is 3. The second-order valence-electron chi connectivity index (χ2n) is 8.06. The molecule has 0 aromatic heterocycles. The minimum atomic E-state index is -1.05. The zero-order valence-electron chi connectivity index (χ0n) is 17.6. The van der Waals surface area contributed by atoms with Crippen LogP contribution in [0.5, 0.6) is 0 Å². The van der Waals surface area contributed by atoms with Crippen LogP contribution >= 0.6 is 15.9 Å². The fourth-order valence-electron chi connectivity index (χ4n) is 3.71. The number of hydrazine groups is 1. The van der Waals surface area contributed by atoms with Crippen molar-refractivity contribution in [3.05, 3.63) is 99.8 Å². The molecule has 0 bridgehead atoms. The summed E-state index contributed by atoms with van der Waals surface area (Å²) in [6, 6.07) is 6.89. The van der Waals surface area contributed by atoms with Gasteiger partial charge in [-0.15, -0.1) is 0 Å². The molecule has 170 valence electrons. The highest BCUT2D eigenvalue weighted by Gasteiger charge is 2.27. The van der Waals surface area contributed by atoms with Gasteiger partial charge in [0.1, 0.15) is 0 Å². The fraction of sp³-hybridized carbons (Fsp3) is 0.250. The Bertz CT molecular complexity index is 1080. The molecule has 0 saturated heterocycles. The Morgan fingerprint density at radius 2 is 1.88 bits per heavy atom. The van der Waals surface area contributed by atoms with Crippen LogP contribution in [0.3, 0.4) is 0 Å². The van der Waals surface area contributed by atoms with E-state index < -0.39 is 28.7 Å². The first kappa shape index (κ1) is 24.1. The first-order chi connectivity index (χ1) is 15.1. The van der Waals surface area contributed by atoms with E-state index in [9.17, 15) is 17.6 Å². The third kappa shape index (κ3) is 5.42. The summed E-state index contributed by atoms with van der Waals surface area (Å²) in [5, 5.41) is 2.81. The minimum absolute atomic E-state index is 0.00721. The van der Waals surface area contributed by atoms with Gasteiger partial charge in [0, 0.05) is 17.8 Å². The second kappa shape index (κ2) is 9.92. The molecule has 0 radical (unpaired) electrons. The van der Waals surface area contributed by atoms with E-state index in [2.05, 4.69) is 45.3 Å². The van der Waals surface area contributed by atoms with Gasteiger partial charge in [-0.1, -0.05) is 38.3 Å². The Labute approximate surface area is 193 Å². The van der Waals surface area contributed by atoms with Gasteiger partial charge in [0.25, 0.3) is 0 Å². The number of anilines is 1. The lowest BCUT2D eigenvalue weighted by Crippen LogP contribution is -2.32. The molecule has 0 spiro atoms. The maximum Gasteiger partial charge on any atom is 0.183 e. The molecule has 0 aliphatic carbocycles. The zero-order chi connectivity index (χ0) is 23.5. The van der Waals surface area contributed by atoms with Crippen LogP contribution in [-0.2, 0) is 6.42 Å². The Kier molecular flexibility index (Phi) is 7.46. The van der Waals surface area contributed by atoms with Crippen molar-refractivity contribution in [1.29, 1.82) is 0 Å². The lowest BCUT2D eigenvalue weighted by Gasteiger charge is -2.28. The van der Waals surface area contributed by atoms with Crippen molar-refractivity contribution in [1.82, 2.24) is 10.9 Å². The van der Waals surface area contributed by atoms with Crippen molar-refractivity contribution >= 4 is 21.6 Å². The van der Waals surface area contributed by atoms with Gasteiger partial charge in [0.2, 0.25) is 0 Å². The summed E-state index contributed by atoms with van der Waals surface area (Å²) in [6.07, 6.45) is 3.51. The number of halogens is 5. The average molecular weight is 510 g/mol. The van der Waals surface area contributed by atoms with Crippen LogP contribution in [0.1, 0.15) is 25.3 Å².